The number of thiazole rings is 1. The third-order valence-electron chi connectivity index (χ3n) is 5.04. The molecular formula is C20H23N3O2S. The second-order valence-corrected chi connectivity index (χ2v) is 7.53. The Morgan fingerprint density at radius 2 is 2.15 bits per heavy atom. The number of benzene rings is 1. The van der Waals surface area contributed by atoms with E-state index in [9.17, 15) is 4.79 Å². The Morgan fingerprint density at radius 3 is 2.96 bits per heavy atom. The fraction of sp³-hybridized carbons (Fsp3) is 0.400. The maximum Gasteiger partial charge on any atom is 0.271 e. The number of imidazole rings is 1. The predicted octanol–water partition coefficient (Wildman–Crippen LogP) is 4.09. The van der Waals surface area contributed by atoms with Crippen LogP contribution in [0.25, 0.3) is 16.2 Å². The summed E-state index contributed by atoms with van der Waals surface area (Å²) in [6.45, 7) is 1.52. The summed E-state index contributed by atoms with van der Waals surface area (Å²) in [4.78, 5) is 20.8. The fourth-order valence-corrected chi connectivity index (χ4v) is 4.50. The zero-order chi connectivity index (χ0) is 17.9. The third kappa shape index (κ3) is 3.27. The molecule has 1 fully saturated rings. The summed E-state index contributed by atoms with van der Waals surface area (Å²) < 4.78 is 7.18. The number of piperidine rings is 1. The first-order valence-corrected chi connectivity index (χ1v) is 9.98. The normalized spacial score (nSPS) is 17.7. The number of amides is 1. The van der Waals surface area contributed by atoms with Crippen LogP contribution in [0.5, 0.6) is 0 Å². The second-order valence-electron chi connectivity index (χ2n) is 6.70. The van der Waals surface area contributed by atoms with Crippen LogP contribution >= 0.6 is 11.3 Å². The van der Waals surface area contributed by atoms with Crippen molar-refractivity contribution in [3.63, 3.8) is 0 Å². The first-order valence-electron chi connectivity index (χ1n) is 9.10. The van der Waals surface area contributed by atoms with Gasteiger partial charge in [0, 0.05) is 43.4 Å². The number of ether oxygens (including phenoxy) is 1. The Kier molecular flexibility index (Phi) is 5.04. The molecule has 6 heteroatoms. The summed E-state index contributed by atoms with van der Waals surface area (Å²) in [7, 11) is 1.72. The van der Waals surface area contributed by atoms with Crippen LogP contribution in [-0.4, -0.2) is 46.5 Å². The molecule has 0 bridgehead atoms. The van der Waals surface area contributed by atoms with E-state index in [0.717, 1.165) is 42.0 Å². The average molecular weight is 369 g/mol. The summed E-state index contributed by atoms with van der Waals surface area (Å²) in [5, 5.41) is 1.93. The SMILES string of the molecule is COCC[C@H]1CCCCN1C(=O)c1csc2nc(-c3ccccc3)cn12. The number of nitrogens with zero attached hydrogens (tertiary/aromatic N) is 3. The molecule has 1 saturated heterocycles. The molecule has 4 rings (SSSR count). The van der Waals surface area contributed by atoms with Gasteiger partial charge in [0.25, 0.3) is 5.91 Å². The smallest absolute Gasteiger partial charge is 0.271 e. The van der Waals surface area contributed by atoms with E-state index in [1.807, 2.05) is 51.2 Å². The van der Waals surface area contributed by atoms with E-state index in [4.69, 9.17) is 9.72 Å². The van der Waals surface area contributed by atoms with Crippen molar-refractivity contribution in [1.82, 2.24) is 14.3 Å². The number of hydrogen-bond acceptors (Lipinski definition) is 4. The Balaban J connectivity index is 1.63. The number of carbonyl (C=O) groups is 1. The highest BCUT2D eigenvalue weighted by Gasteiger charge is 2.29. The topological polar surface area (TPSA) is 46.8 Å². The molecule has 136 valence electrons. The molecule has 0 unspecified atom stereocenters. The van der Waals surface area contributed by atoms with Gasteiger partial charge in [-0.1, -0.05) is 30.3 Å². The summed E-state index contributed by atoms with van der Waals surface area (Å²) in [6.07, 6.45) is 6.18. The van der Waals surface area contributed by atoms with Gasteiger partial charge >= 0.3 is 0 Å². The van der Waals surface area contributed by atoms with Crippen molar-refractivity contribution in [2.45, 2.75) is 31.7 Å². The number of aromatic nitrogens is 2. The molecule has 0 saturated carbocycles. The van der Waals surface area contributed by atoms with E-state index in [0.29, 0.717) is 12.3 Å². The molecule has 1 aliphatic rings. The lowest BCUT2D eigenvalue weighted by Gasteiger charge is -2.35. The lowest BCUT2D eigenvalue weighted by molar-refractivity contribution is 0.0546. The number of rotatable bonds is 5. The fourth-order valence-electron chi connectivity index (χ4n) is 3.65. The Hall–Kier alpha value is -2.18. The second kappa shape index (κ2) is 7.60. The van der Waals surface area contributed by atoms with E-state index >= 15 is 0 Å². The van der Waals surface area contributed by atoms with Gasteiger partial charge in [0.1, 0.15) is 5.69 Å². The van der Waals surface area contributed by atoms with Crippen molar-refractivity contribution in [1.29, 1.82) is 0 Å². The minimum absolute atomic E-state index is 0.106. The van der Waals surface area contributed by atoms with Crippen molar-refractivity contribution in [3.05, 3.63) is 47.6 Å². The molecular weight excluding hydrogens is 346 g/mol. The van der Waals surface area contributed by atoms with Crippen LogP contribution in [0.1, 0.15) is 36.2 Å². The number of carbonyl (C=O) groups excluding carboxylic acids is 1. The van der Waals surface area contributed by atoms with Crippen molar-refractivity contribution in [2.24, 2.45) is 0 Å². The highest BCUT2D eigenvalue weighted by Crippen LogP contribution is 2.27. The maximum atomic E-state index is 13.2. The highest BCUT2D eigenvalue weighted by atomic mass is 32.1. The van der Waals surface area contributed by atoms with Gasteiger partial charge in [0.2, 0.25) is 0 Å². The van der Waals surface area contributed by atoms with E-state index in [-0.39, 0.29) is 11.9 Å². The molecule has 3 aromatic rings. The molecule has 26 heavy (non-hydrogen) atoms. The lowest BCUT2D eigenvalue weighted by atomic mass is 9.99. The van der Waals surface area contributed by atoms with Crippen LogP contribution in [0, 0.1) is 0 Å². The first-order chi connectivity index (χ1) is 12.8. The molecule has 2 aromatic heterocycles. The zero-order valence-electron chi connectivity index (χ0n) is 14.9. The van der Waals surface area contributed by atoms with Crippen molar-refractivity contribution in [2.75, 3.05) is 20.3 Å². The van der Waals surface area contributed by atoms with Crippen LogP contribution in [0.4, 0.5) is 0 Å². The number of fused-ring (bicyclic) bond motifs is 1. The monoisotopic (exact) mass is 369 g/mol. The highest BCUT2D eigenvalue weighted by molar-refractivity contribution is 7.15. The minimum Gasteiger partial charge on any atom is -0.385 e. The van der Waals surface area contributed by atoms with Gasteiger partial charge in [-0.25, -0.2) is 4.98 Å². The van der Waals surface area contributed by atoms with E-state index in [1.54, 1.807) is 7.11 Å². The Morgan fingerprint density at radius 1 is 1.31 bits per heavy atom. The molecule has 1 atom stereocenters. The van der Waals surface area contributed by atoms with Gasteiger partial charge in [-0.15, -0.1) is 11.3 Å². The Bertz CT molecular complexity index is 887. The van der Waals surface area contributed by atoms with Crippen molar-refractivity contribution < 1.29 is 9.53 Å². The van der Waals surface area contributed by atoms with Crippen LogP contribution in [0.3, 0.4) is 0 Å². The molecule has 0 spiro atoms. The van der Waals surface area contributed by atoms with Crippen LogP contribution in [-0.2, 0) is 4.74 Å². The van der Waals surface area contributed by atoms with Crippen LogP contribution in [0.2, 0.25) is 0 Å². The lowest BCUT2D eigenvalue weighted by Crippen LogP contribution is -2.44. The maximum absolute atomic E-state index is 13.2. The van der Waals surface area contributed by atoms with E-state index < -0.39 is 0 Å². The predicted molar refractivity (Wildman–Crippen MR) is 104 cm³/mol. The molecule has 0 radical (unpaired) electrons. The molecule has 5 nitrogen and oxygen atoms in total. The van der Waals surface area contributed by atoms with E-state index in [1.165, 1.54) is 17.8 Å². The quantitative estimate of drug-likeness (QED) is 0.680. The van der Waals surface area contributed by atoms with Crippen molar-refractivity contribution in [3.8, 4) is 11.3 Å². The van der Waals surface area contributed by atoms with Gasteiger partial charge in [0.05, 0.1) is 5.69 Å². The standard InChI is InChI=1S/C20H23N3O2S/c1-25-12-10-16-9-5-6-11-22(16)19(24)18-14-26-20-21-17(13-23(18)20)15-7-3-2-4-8-15/h2-4,7-8,13-14,16H,5-6,9-12H2,1H3/t16-/m1/s1. The largest absolute Gasteiger partial charge is 0.385 e. The van der Waals surface area contributed by atoms with Crippen LogP contribution in [0.15, 0.2) is 41.9 Å². The molecule has 3 heterocycles. The van der Waals surface area contributed by atoms with Gasteiger partial charge in [0.15, 0.2) is 4.96 Å². The Labute approximate surface area is 157 Å². The summed E-state index contributed by atoms with van der Waals surface area (Å²) in [5.74, 6) is 0.106. The number of methoxy groups -OCH3 is 1. The molecule has 1 aliphatic heterocycles. The summed E-state index contributed by atoms with van der Waals surface area (Å²) >= 11 is 1.52. The number of likely N-dealkylation sites (tertiary alicyclic amines) is 1. The molecule has 0 N–H and O–H groups in total. The van der Waals surface area contributed by atoms with E-state index in [2.05, 4.69) is 0 Å². The van der Waals surface area contributed by atoms with Gasteiger partial charge in [-0.2, -0.15) is 0 Å². The average Bonchev–Trinajstić information content (AvgIpc) is 3.27. The van der Waals surface area contributed by atoms with Crippen LogP contribution < -0.4 is 0 Å². The summed E-state index contributed by atoms with van der Waals surface area (Å²) in [6, 6.07) is 10.3. The third-order valence-corrected chi connectivity index (χ3v) is 5.88. The summed E-state index contributed by atoms with van der Waals surface area (Å²) in [5.41, 5.74) is 2.68. The van der Waals surface area contributed by atoms with Gasteiger partial charge < -0.3 is 9.64 Å². The molecule has 1 aromatic carbocycles. The molecule has 1 amide bonds. The first kappa shape index (κ1) is 17.2. The molecule has 0 aliphatic carbocycles. The van der Waals surface area contributed by atoms with Crippen molar-refractivity contribution >= 4 is 22.2 Å². The minimum atomic E-state index is 0.106. The van der Waals surface area contributed by atoms with Gasteiger partial charge in [-0.05, 0) is 25.7 Å². The zero-order valence-corrected chi connectivity index (χ0v) is 15.7. The van der Waals surface area contributed by atoms with Gasteiger partial charge in [-0.3, -0.25) is 9.20 Å². The number of hydrogen-bond donors (Lipinski definition) is 0.